The number of aromatic nitrogens is 4. The molecule has 0 atom stereocenters. The standard InChI is InChI=1S/C9H8F2N4O2/c10-9(11)15-7(1-2-12-15)5-14-4-6(3-13-14)8(16)17/h1-4,9H,5H2,(H,16,17). The third-order valence-corrected chi connectivity index (χ3v) is 2.14. The number of hydrogen-bond acceptors (Lipinski definition) is 3. The monoisotopic (exact) mass is 242 g/mol. The van der Waals surface area contributed by atoms with Crippen molar-refractivity contribution < 1.29 is 18.7 Å². The lowest BCUT2D eigenvalue weighted by Crippen LogP contribution is -2.10. The number of nitrogens with zero attached hydrogens (tertiary/aromatic N) is 4. The van der Waals surface area contributed by atoms with Gasteiger partial charge < -0.3 is 5.11 Å². The number of aromatic carboxylic acids is 1. The van der Waals surface area contributed by atoms with Gasteiger partial charge in [-0.05, 0) is 6.07 Å². The Morgan fingerprint density at radius 3 is 2.82 bits per heavy atom. The van der Waals surface area contributed by atoms with Crippen molar-refractivity contribution in [3.63, 3.8) is 0 Å². The van der Waals surface area contributed by atoms with Crippen molar-refractivity contribution >= 4 is 5.97 Å². The fourth-order valence-corrected chi connectivity index (χ4v) is 1.37. The first-order valence-corrected chi connectivity index (χ1v) is 4.64. The van der Waals surface area contributed by atoms with Crippen molar-refractivity contribution in [2.75, 3.05) is 0 Å². The van der Waals surface area contributed by atoms with Gasteiger partial charge in [0.05, 0.1) is 24.0 Å². The van der Waals surface area contributed by atoms with E-state index in [1.807, 2.05) is 0 Å². The van der Waals surface area contributed by atoms with E-state index in [-0.39, 0.29) is 17.8 Å². The number of carboxylic acid groups (broad SMARTS) is 1. The topological polar surface area (TPSA) is 72.9 Å². The number of alkyl halides is 2. The first-order valence-electron chi connectivity index (χ1n) is 4.64. The van der Waals surface area contributed by atoms with Crippen LogP contribution < -0.4 is 0 Å². The second-order valence-electron chi connectivity index (χ2n) is 3.28. The Balaban J connectivity index is 2.19. The van der Waals surface area contributed by atoms with E-state index in [2.05, 4.69) is 10.2 Å². The second-order valence-corrected chi connectivity index (χ2v) is 3.28. The average Bonchev–Trinajstić information content (AvgIpc) is 2.86. The predicted molar refractivity (Wildman–Crippen MR) is 51.8 cm³/mol. The smallest absolute Gasteiger partial charge is 0.338 e. The summed E-state index contributed by atoms with van der Waals surface area (Å²) in [5.41, 5.74) is 0.258. The highest BCUT2D eigenvalue weighted by Gasteiger charge is 2.13. The minimum atomic E-state index is -2.73. The highest BCUT2D eigenvalue weighted by atomic mass is 19.3. The van der Waals surface area contributed by atoms with Crippen molar-refractivity contribution in [2.24, 2.45) is 0 Å². The van der Waals surface area contributed by atoms with E-state index < -0.39 is 12.5 Å². The van der Waals surface area contributed by atoms with Crippen LogP contribution in [0.15, 0.2) is 24.7 Å². The molecular weight excluding hydrogens is 234 g/mol. The van der Waals surface area contributed by atoms with Crippen molar-refractivity contribution in [3.05, 3.63) is 35.9 Å². The van der Waals surface area contributed by atoms with Crippen LogP contribution in [0.1, 0.15) is 22.6 Å². The summed E-state index contributed by atoms with van der Waals surface area (Å²) in [5.74, 6) is -1.11. The minimum absolute atomic E-state index is 0.00751. The third kappa shape index (κ3) is 2.30. The van der Waals surface area contributed by atoms with Gasteiger partial charge in [-0.3, -0.25) is 4.68 Å². The van der Waals surface area contributed by atoms with Crippen LogP contribution in [0.2, 0.25) is 0 Å². The predicted octanol–water partition coefficient (Wildman–Crippen LogP) is 1.22. The van der Waals surface area contributed by atoms with Gasteiger partial charge in [-0.25, -0.2) is 9.48 Å². The summed E-state index contributed by atoms with van der Waals surface area (Å²) in [6, 6.07) is 1.42. The fraction of sp³-hybridized carbons (Fsp3) is 0.222. The molecule has 0 bridgehead atoms. The van der Waals surface area contributed by atoms with Gasteiger partial charge in [0.15, 0.2) is 0 Å². The lowest BCUT2D eigenvalue weighted by Gasteiger charge is -2.05. The van der Waals surface area contributed by atoms with Crippen LogP contribution >= 0.6 is 0 Å². The summed E-state index contributed by atoms with van der Waals surface area (Å²) in [7, 11) is 0. The number of hydrogen-bond donors (Lipinski definition) is 1. The van der Waals surface area contributed by atoms with Gasteiger partial charge in [0.2, 0.25) is 0 Å². The molecule has 2 aromatic heterocycles. The quantitative estimate of drug-likeness (QED) is 0.874. The Morgan fingerprint density at radius 2 is 2.24 bits per heavy atom. The molecule has 0 aromatic carbocycles. The summed E-state index contributed by atoms with van der Waals surface area (Å²) >= 11 is 0. The maximum atomic E-state index is 12.5. The molecular formula is C9H8F2N4O2. The lowest BCUT2D eigenvalue weighted by atomic mass is 10.4. The largest absolute Gasteiger partial charge is 0.478 e. The van der Waals surface area contributed by atoms with Gasteiger partial charge in [0.25, 0.3) is 0 Å². The number of carbonyl (C=O) groups is 1. The van der Waals surface area contributed by atoms with E-state index >= 15 is 0 Å². The van der Waals surface area contributed by atoms with E-state index in [0.29, 0.717) is 4.68 Å². The van der Waals surface area contributed by atoms with Gasteiger partial charge in [0, 0.05) is 12.4 Å². The SMILES string of the molecule is O=C(O)c1cnn(Cc2ccnn2C(F)F)c1. The summed E-state index contributed by atoms with van der Waals surface area (Å²) in [6.45, 7) is -2.69. The van der Waals surface area contributed by atoms with Crippen molar-refractivity contribution in [3.8, 4) is 0 Å². The van der Waals surface area contributed by atoms with Gasteiger partial charge in [-0.1, -0.05) is 0 Å². The molecule has 2 heterocycles. The van der Waals surface area contributed by atoms with Crippen LogP contribution in [0.4, 0.5) is 8.78 Å². The zero-order valence-electron chi connectivity index (χ0n) is 8.49. The van der Waals surface area contributed by atoms with Crippen LogP contribution in [0, 0.1) is 0 Å². The molecule has 0 fully saturated rings. The van der Waals surface area contributed by atoms with Gasteiger partial charge in [-0.15, -0.1) is 0 Å². The molecule has 0 saturated carbocycles. The summed E-state index contributed by atoms with van der Waals surface area (Å²) < 4.78 is 26.8. The molecule has 1 N–H and O–H groups in total. The van der Waals surface area contributed by atoms with Gasteiger partial charge in [0.1, 0.15) is 0 Å². The molecule has 90 valence electrons. The molecule has 0 radical (unpaired) electrons. The summed E-state index contributed by atoms with van der Waals surface area (Å²) in [5, 5.41) is 15.9. The van der Waals surface area contributed by atoms with Crippen LogP contribution in [0.5, 0.6) is 0 Å². The minimum Gasteiger partial charge on any atom is -0.478 e. The first-order chi connectivity index (χ1) is 8.08. The van der Waals surface area contributed by atoms with Crippen molar-refractivity contribution in [2.45, 2.75) is 13.1 Å². The Labute approximate surface area is 94.1 Å². The fourth-order valence-electron chi connectivity index (χ4n) is 1.37. The molecule has 8 heteroatoms. The van der Waals surface area contributed by atoms with Gasteiger partial charge in [-0.2, -0.15) is 19.0 Å². The molecule has 17 heavy (non-hydrogen) atoms. The highest BCUT2D eigenvalue weighted by molar-refractivity contribution is 5.86. The second kappa shape index (κ2) is 4.32. The third-order valence-electron chi connectivity index (χ3n) is 2.14. The number of rotatable bonds is 4. The normalized spacial score (nSPS) is 11.0. The van der Waals surface area contributed by atoms with E-state index in [4.69, 9.17) is 5.11 Å². The molecule has 0 unspecified atom stereocenters. The molecule has 0 amide bonds. The Morgan fingerprint density at radius 1 is 1.47 bits per heavy atom. The van der Waals surface area contributed by atoms with Crippen LogP contribution in [0.3, 0.4) is 0 Å². The molecule has 2 rings (SSSR count). The van der Waals surface area contributed by atoms with Crippen molar-refractivity contribution in [1.29, 1.82) is 0 Å². The maximum absolute atomic E-state index is 12.5. The molecule has 0 saturated heterocycles. The van der Waals surface area contributed by atoms with E-state index in [9.17, 15) is 13.6 Å². The summed E-state index contributed by atoms with van der Waals surface area (Å²) in [4.78, 5) is 10.6. The Hall–Kier alpha value is -2.25. The van der Waals surface area contributed by atoms with Crippen molar-refractivity contribution in [1.82, 2.24) is 19.6 Å². The maximum Gasteiger partial charge on any atom is 0.338 e. The zero-order chi connectivity index (χ0) is 12.4. The molecule has 0 aliphatic carbocycles. The van der Waals surface area contributed by atoms with E-state index in [1.54, 1.807) is 0 Å². The van der Waals surface area contributed by atoms with Crippen LogP contribution in [-0.2, 0) is 6.54 Å². The van der Waals surface area contributed by atoms with Gasteiger partial charge >= 0.3 is 12.5 Å². The lowest BCUT2D eigenvalue weighted by molar-refractivity contribution is 0.0530. The zero-order valence-corrected chi connectivity index (χ0v) is 8.49. The van der Waals surface area contributed by atoms with E-state index in [1.165, 1.54) is 23.1 Å². The summed E-state index contributed by atoms with van der Waals surface area (Å²) in [6.07, 6.45) is 3.68. The highest BCUT2D eigenvalue weighted by Crippen LogP contribution is 2.13. The Kier molecular flexibility index (Phi) is 2.86. The molecule has 6 nitrogen and oxygen atoms in total. The Bertz CT molecular complexity index is 535. The molecule has 2 aromatic rings. The molecule has 0 aliphatic heterocycles. The van der Waals surface area contributed by atoms with E-state index in [0.717, 1.165) is 6.20 Å². The number of carboxylic acids is 1. The molecule has 0 spiro atoms. The average molecular weight is 242 g/mol. The number of halogens is 2. The first kappa shape index (κ1) is 11.2. The molecule has 0 aliphatic rings. The van der Waals surface area contributed by atoms with Crippen LogP contribution in [0.25, 0.3) is 0 Å². The van der Waals surface area contributed by atoms with Crippen LogP contribution in [-0.4, -0.2) is 30.6 Å².